The molecule has 0 aliphatic heterocycles. The van der Waals surface area contributed by atoms with Crippen LogP contribution in [0.15, 0.2) is 29.2 Å². The maximum atomic E-state index is 12.3. The Balaban J connectivity index is 1.96. The van der Waals surface area contributed by atoms with Gasteiger partial charge in [0.25, 0.3) is 0 Å². The third-order valence-corrected chi connectivity index (χ3v) is 5.25. The Labute approximate surface area is 127 Å². The van der Waals surface area contributed by atoms with E-state index in [1.165, 1.54) is 0 Å². The minimum absolute atomic E-state index is 0.119. The number of para-hydroxylation sites is 1. The molecule has 1 aliphatic rings. The molecule has 0 heterocycles. The van der Waals surface area contributed by atoms with E-state index in [-0.39, 0.29) is 6.04 Å². The van der Waals surface area contributed by atoms with E-state index in [1.807, 2.05) is 12.1 Å². The number of rotatable bonds is 9. The molecule has 0 radical (unpaired) electrons. The van der Waals surface area contributed by atoms with Crippen molar-refractivity contribution >= 4 is 15.7 Å². The molecule has 1 fully saturated rings. The average molecular weight is 311 g/mol. The minimum atomic E-state index is -3.42. The quantitative estimate of drug-likeness (QED) is 0.608. The SMILES string of the molecule is CC(CN)CCCNc1ccccc1S(=O)(=O)NC1CC1. The molecule has 0 amide bonds. The van der Waals surface area contributed by atoms with Crippen molar-refractivity contribution in [2.75, 3.05) is 18.4 Å². The third kappa shape index (κ3) is 4.98. The highest BCUT2D eigenvalue weighted by atomic mass is 32.2. The Morgan fingerprint density at radius 2 is 2.05 bits per heavy atom. The first kappa shape index (κ1) is 16.3. The van der Waals surface area contributed by atoms with Gasteiger partial charge >= 0.3 is 0 Å². The predicted octanol–water partition coefficient (Wildman–Crippen LogP) is 1.91. The lowest BCUT2D eigenvalue weighted by Gasteiger charge is -2.14. The van der Waals surface area contributed by atoms with Gasteiger partial charge in [0.15, 0.2) is 0 Å². The molecule has 1 aromatic carbocycles. The summed E-state index contributed by atoms with van der Waals surface area (Å²) in [5, 5.41) is 3.23. The smallest absolute Gasteiger partial charge is 0.242 e. The molecule has 21 heavy (non-hydrogen) atoms. The van der Waals surface area contributed by atoms with E-state index in [9.17, 15) is 8.42 Å². The van der Waals surface area contributed by atoms with Crippen LogP contribution in [-0.2, 0) is 10.0 Å². The first-order valence-electron chi connectivity index (χ1n) is 7.58. The molecule has 0 saturated heterocycles. The molecule has 2 rings (SSSR count). The highest BCUT2D eigenvalue weighted by Crippen LogP contribution is 2.25. The molecule has 4 N–H and O–H groups in total. The number of nitrogens with two attached hydrogens (primary N) is 1. The molecule has 0 aromatic heterocycles. The Bertz CT molecular complexity index is 556. The van der Waals surface area contributed by atoms with Crippen LogP contribution in [0.2, 0.25) is 0 Å². The maximum absolute atomic E-state index is 12.3. The van der Waals surface area contributed by atoms with E-state index in [4.69, 9.17) is 5.73 Å². The van der Waals surface area contributed by atoms with Gasteiger partial charge in [-0.05, 0) is 50.3 Å². The van der Waals surface area contributed by atoms with Gasteiger partial charge in [0.1, 0.15) is 4.90 Å². The average Bonchev–Trinajstić information content (AvgIpc) is 3.27. The second-order valence-corrected chi connectivity index (χ2v) is 7.48. The molecule has 5 nitrogen and oxygen atoms in total. The summed E-state index contributed by atoms with van der Waals surface area (Å²) >= 11 is 0. The highest BCUT2D eigenvalue weighted by molar-refractivity contribution is 7.89. The number of benzene rings is 1. The van der Waals surface area contributed by atoms with Gasteiger partial charge in [0, 0.05) is 12.6 Å². The summed E-state index contributed by atoms with van der Waals surface area (Å²) in [7, 11) is -3.42. The zero-order valence-electron chi connectivity index (χ0n) is 12.5. The predicted molar refractivity (Wildman–Crippen MR) is 85.7 cm³/mol. The van der Waals surface area contributed by atoms with Crippen molar-refractivity contribution in [1.29, 1.82) is 0 Å². The fourth-order valence-electron chi connectivity index (χ4n) is 2.12. The van der Waals surface area contributed by atoms with Crippen LogP contribution >= 0.6 is 0 Å². The van der Waals surface area contributed by atoms with E-state index in [0.29, 0.717) is 23.0 Å². The zero-order valence-corrected chi connectivity index (χ0v) is 13.3. The highest BCUT2D eigenvalue weighted by Gasteiger charge is 2.29. The van der Waals surface area contributed by atoms with Gasteiger partial charge in [-0.3, -0.25) is 0 Å². The molecule has 6 heteroatoms. The summed E-state index contributed by atoms with van der Waals surface area (Å²) in [6.45, 7) is 3.56. The van der Waals surface area contributed by atoms with Gasteiger partial charge in [-0.15, -0.1) is 0 Å². The van der Waals surface area contributed by atoms with Crippen LogP contribution in [0.5, 0.6) is 0 Å². The van der Waals surface area contributed by atoms with Gasteiger partial charge in [-0.1, -0.05) is 19.1 Å². The molecular weight excluding hydrogens is 286 g/mol. The van der Waals surface area contributed by atoms with Gasteiger partial charge in [-0.25, -0.2) is 13.1 Å². The van der Waals surface area contributed by atoms with E-state index in [1.54, 1.807) is 12.1 Å². The lowest BCUT2D eigenvalue weighted by molar-refractivity contribution is 0.529. The lowest BCUT2D eigenvalue weighted by Crippen LogP contribution is -2.26. The second-order valence-electron chi connectivity index (χ2n) is 5.80. The molecule has 1 atom stereocenters. The molecule has 1 aromatic rings. The monoisotopic (exact) mass is 311 g/mol. The number of hydrogen-bond donors (Lipinski definition) is 3. The number of nitrogens with one attached hydrogen (secondary N) is 2. The Hall–Kier alpha value is -1.11. The van der Waals surface area contributed by atoms with Crippen LogP contribution in [0.1, 0.15) is 32.6 Å². The van der Waals surface area contributed by atoms with Crippen LogP contribution in [0.4, 0.5) is 5.69 Å². The molecule has 0 spiro atoms. The van der Waals surface area contributed by atoms with Crippen molar-refractivity contribution in [3.05, 3.63) is 24.3 Å². The minimum Gasteiger partial charge on any atom is -0.384 e. The van der Waals surface area contributed by atoms with Gasteiger partial charge in [-0.2, -0.15) is 0 Å². The van der Waals surface area contributed by atoms with E-state index in [0.717, 1.165) is 32.2 Å². The largest absolute Gasteiger partial charge is 0.384 e. The van der Waals surface area contributed by atoms with Crippen LogP contribution in [0, 0.1) is 5.92 Å². The van der Waals surface area contributed by atoms with Crippen molar-refractivity contribution in [3.8, 4) is 0 Å². The van der Waals surface area contributed by atoms with Crippen molar-refractivity contribution in [2.45, 2.75) is 43.5 Å². The summed E-state index contributed by atoms with van der Waals surface area (Å²) in [6, 6.07) is 7.18. The summed E-state index contributed by atoms with van der Waals surface area (Å²) in [6.07, 6.45) is 3.89. The maximum Gasteiger partial charge on any atom is 0.242 e. The number of sulfonamides is 1. The van der Waals surface area contributed by atoms with Gasteiger partial charge in [0.05, 0.1) is 5.69 Å². The van der Waals surface area contributed by atoms with Crippen molar-refractivity contribution in [2.24, 2.45) is 11.7 Å². The molecule has 118 valence electrons. The fraction of sp³-hybridized carbons (Fsp3) is 0.600. The van der Waals surface area contributed by atoms with Crippen molar-refractivity contribution in [3.63, 3.8) is 0 Å². The van der Waals surface area contributed by atoms with E-state index < -0.39 is 10.0 Å². The summed E-state index contributed by atoms with van der Waals surface area (Å²) in [5.74, 6) is 0.502. The van der Waals surface area contributed by atoms with Crippen LogP contribution in [0.25, 0.3) is 0 Å². The first-order valence-corrected chi connectivity index (χ1v) is 9.06. The standard InChI is InChI=1S/C15H25N3O2S/c1-12(11-16)5-4-10-17-14-6-2-3-7-15(14)21(19,20)18-13-8-9-13/h2-3,6-7,12-13,17-18H,4-5,8-11,16H2,1H3. The summed E-state index contributed by atoms with van der Waals surface area (Å²) < 4.78 is 27.4. The molecule has 1 saturated carbocycles. The molecule has 1 unspecified atom stereocenters. The summed E-state index contributed by atoms with van der Waals surface area (Å²) in [5.41, 5.74) is 6.26. The van der Waals surface area contributed by atoms with Gasteiger partial charge in [0.2, 0.25) is 10.0 Å². The zero-order chi connectivity index (χ0) is 15.3. The van der Waals surface area contributed by atoms with Crippen molar-refractivity contribution in [1.82, 2.24) is 4.72 Å². The van der Waals surface area contributed by atoms with Gasteiger partial charge < -0.3 is 11.1 Å². The van der Waals surface area contributed by atoms with Crippen LogP contribution in [-0.4, -0.2) is 27.5 Å². The Kier molecular flexibility index (Phi) is 5.61. The number of anilines is 1. The normalized spacial score (nSPS) is 16.7. The lowest BCUT2D eigenvalue weighted by atomic mass is 10.1. The Morgan fingerprint density at radius 1 is 1.33 bits per heavy atom. The van der Waals surface area contributed by atoms with Crippen LogP contribution in [0.3, 0.4) is 0 Å². The Morgan fingerprint density at radius 3 is 2.71 bits per heavy atom. The van der Waals surface area contributed by atoms with Crippen LogP contribution < -0.4 is 15.8 Å². The third-order valence-electron chi connectivity index (χ3n) is 3.67. The molecule has 0 bridgehead atoms. The second kappa shape index (κ2) is 7.24. The fourth-order valence-corrected chi connectivity index (χ4v) is 3.61. The number of hydrogen-bond acceptors (Lipinski definition) is 4. The van der Waals surface area contributed by atoms with E-state index in [2.05, 4.69) is 17.0 Å². The summed E-state index contributed by atoms with van der Waals surface area (Å²) in [4.78, 5) is 0.337. The van der Waals surface area contributed by atoms with E-state index >= 15 is 0 Å². The first-order chi connectivity index (χ1) is 10.0. The van der Waals surface area contributed by atoms with Crippen molar-refractivity contribution < 1.29 is 8.42 Å². The topological polar surface area (TPSA) is 84.2 Å². The molecular formula is C15H25N3O2S. The molecule has 1 aliphatic carbocycles.